The molecule has 0 bridgehead atoms. The lowest BCUT2D eigenvalue weighted by Crippen LogP contribution is -2.37. The van der Waals surface area contributed by atoms with Crippen LogP contribution in [0, 0.1) is 0 Å². The van der Waals surface area contributed by atoms with Crippen LogP contribution in [0.25, 0.3) is 0 Å². The van der Waals surface area contributed by atoms with E-state index < -0.39 is 0 Å². The molecule has 1 aliphatic carbocycles. The van der Waals surface area contributed by atoms with Crippen LogP contribution in [0.5, 0.6) is 5.75 Å². The third kappa shape index (κ3) is 1.83. The molecule has 0 saturated heterocycles. The molecule has 1 aliphatic heterocycles. The molecular formula is C16H23NO. The van der Waals surface area contributed by atoms with Gasteiger partial charge in [0.1, 0.15) is 11.9 Å². The quantitative estimate of drug-likeness (QED) is 0.868. The summed E-state index contributed by atoms with van der Waals surface area (Å²) in [6, 6.07) is 6.63. The number of fused-ring (bicyclic) bond motifs is 1. The van der Waals surface area contributed by atoms with Crippen LogP contribution >= 0.6 is 0 Å². The van der Waals surface area contributed by atoms with Crippen molar-refractivity contribution in [2.75, 3.05) is 6.54 Å². The maximum Gasteiger partial charge on any atom is 0.126 e. The molecule has 98 valence electrons. The number of para-hydroxylation sites is 1. The van der Waals surface area contributed by atoms with Crippen molar-refractivity contribution in [1.29, 1.82) is 0 Å². The van der Waals surface area contributed by atoms with Gasteiger partial charge < -0.3 is 10.5 Å². The first-order valence-electron chi connectivity index (χ1n) is 7.24. The topological polar surface area (TPSA) is 35.2 Å². The van der Waals surface area contributed by atoms with Crippen LogP contribution in [-0.2, 0) is 11.8 Å². The van der Waals surface area contributed by atoms with Crippen LogP contribution in [0.4, 0.5) is 0 Å². The Morgan fingerprint density at radius 3 is 2.78 bits per heavy atom. The molecule has 1 aromatic rings. The predicted octanol–water partition coefficient (Wildman–Crippen LogP) is 3.17. The molecular weight excluding hydrogens is 222 g/mol. The zero-order valence-corrected chi connectivity index (χ0v) is 11.2. The Balaban J connectivity index is 2.03. The summed E-state index contributed by atoms with van der Waals surface area (Å²) >= 11 is 0. The van der Waals surface area contributed by atoms with E-state index >= 15 is 0 Å². The van der Waals surface area contributed by atoms with Gasteiger partial charge in [0.25, 0.3) is 0 Å². The lowest BCUT2D eigenvalue weighted by molar-refractivity contribution is 0.237. The van der Waals surface area contributed by atoms with Gasteiger partial charge >= 0.3 is 0 Å². The van der Waals surface area contributed by atoms with E-state index in [-0.39, 0.29) is 5.41 Å². The fourth-order valence-electron chi connectivity index (χ4n) is 3.67. The monoisotopic (exact) mass is 245 g/mol. The van der Waals surface area contributed by atoms with E-state index in [1.54, 1.807) is 0 Å². The van der Waals surface area contributed by atoms with Gasteiger partial charge in [-0.3, -0.25) is 0 Å². The van der Waals surface area contributed by atoms with Crippen LogP contribution in [0.3, 0.4) is 0 Å². The van der Waals surface area contributed by atoms with E-state index in [4.69, 9.17) is 10.5 Å². The fraction of sp³-hybridized carbons (Fsp3) is 0.625. The Morgan fingerprint density at radius 1 is 1.28 bits per heavy atom. The average Bonchev–Trinajstić information content (AvgIpc) is 2.79. The van der Waals surface area contributed by atoms with Crippen LogP contribution in [0.1, 0.15) is 50.2 Å². The van der Waals surface area contributed by atoms with E-state index in [0.717, 1.165) is 18.7 Å². The highest BCUT2D eigenvalue weighted by Crippen LogP contribution is 2.45. The Morgan fingerprint density at radius 2 is 2.06 bits per heavy atom. The van der Waals surface area contributed by atoms with Crippen molar-refractivity contribution in [1.82, 2.24) is 0 Å². The van der Waals surface area contributed by atoms with Gasteiger partial charge in [-0.05, 0) is 25.3 Å². The SMILES string of the molecule is CC1Cc2cccc(C3(CN)CCCCC3)c2O1. The lowest BCUT2D eigenvalue weighted by atomic mass is 9.69. The molecule has 0 aromatic heterocycles. The van der Waals surface area contributed by atoms with Crippen molar-refractivity contribution in [3.05, 3.63) is 29.3 Å². The second kappa shape index (κ2) is 4.58. The van der Waals surface area contributed by atoms with Gasteiger partial charge in [0, 0.05) is 23.9 Å². The molecule has 1 saturated carbocycles. The molecule has 1 atom stereocenters. The highest BCUT2D eigenvalue weighted by Gasteiger charge is 2.37. The molecule has 1 unspecified atom stereocenters. The number of benzene rings is 1. The van der Waals surface area contributed by atoms with Crippen molar-refractivity contribution < 1.29 is 4.74 Å². The fourth-order valence-corrected chi connectivity index (χ4v) is 3.67. The smallest absolute Gasteiger partial charge is 0.126 e. The standard InChI is InChI=1S/C16H23NO/c1-12-10-13-6-5-7-14(15(13)18-12)16(11-17)8-3-2-4-9-16/h5-7,12H,2-4,8-11,17H2,1H3. The molecule has 2 aliphatic rings. The number of nitrogens with two attached hydrogens (primary N) is 1. The molecule has 0 spiro atoms. The summed E-state index contributed by atoms with van der Waals surface area (Å²) in [7, 11) is 0. The second-order valence-electron chi connectivity index (χ2n) is 5.97. The Labute approximate surface area is 110 Å². The summed E-state index contributed by atoms with van der Waals surface area (Å²) in [6.45, 7) is 2.90. The number of ether oxygens (including phenoxy) is 1. The largest absolute Gasteiger partial charge is 0.490 e. The minimum atomic E-state index is 0.174. The minimum absolute atomic E-state index is 0.174. The van der Waals surface area contributed by atoms with E-state index in [2.05, 4.69) is 25.1 Å². The van der Waals surface area contributed by atoms with E-state index in [9.17, 15) is 0 Å². The van der Waals surface area contributed by atoms with Crippen molar-refractivity contribution in [3.63, 3.8) is 0 Å². The maximum absolute atomic E-state index is 6.14. The first-order valence-corrected chi connectivity index (χ1v) is 7.24. The molecule has 1 heterocycles. The number of hydrogen-bond donors (Lipinski definition) is 1. The molecule has 2 N–H and O–H groups in total. The van der Waals surface area contributed by atoms with Crippen LogP contribution in [0.15, 0.2) is 18.2 Å². The summed E-state index contributed by atoms with van der Waals surface area (Å²) in [5.74, 6) is 1.15. The van der Waals surface area contributed by atoms with Crippen molar-refractivity contribution in [2.45, 2.75) is 57.0 Å². The predicted molar refractivity (Wildman–Crippen MR) is 74.1 cm³/mol. The van der Waals surface area contributed by atoms with Crippen LogP contribution in [0.2, 0.25) is 0 Å². The second-order valence-corrected chi connectivity index (χ2v) is 5.97. The highest BCUT2D eigenvalue weighted by molar-refractivity contribution is 5.49. The molecule has 3 rings (SSSR count). The van der Waals surface area contributed by atoms with Gasteiger partial charge in [-0.25, -0.2) is 0 Å². The number of hydrogen-bond acceptors (Lipinski definition) is 2. The zero-order valence-electron chi connectivity index (χ0n) is 11.2. The number of rotatable bonds is 2. The summed E-state index contributed by atoms with van der Waals surface area (Å²) in [5, 5.41) is 0. The van der Waals surface area contributed by atoms with Crippen LogP contribution in [-0.4, -0.2) is 12.6 Å². The first kappa shape index (κ1) is 12.0. The van der Waals surface area contributed by atoms with Gasteiger partial charge in [0.15, 0.2) is 0 Å². The molecule has 18 heavy (non-hydrogen) atoms. The van der Waals surface area contributed by atoms with Crippen molar-refractivity contribution >= 4 is 0 Å². The van der Waals surface area contributed by atoms with E-state index in [0.29, 0.717) is 6.10 Å². The third-order valence-electron chi connectivity index (χ3n) is 4.70. The van der Waals surface area contributed by atoms with Crippen molar-refractivity contribution in [2.24, 2.45) is 5.73 Å². The summed E-state index contributed by atoms with van der Waals surface area (Å²) < 4.78 is 6.06. The van der Waals surface area contributed by atoms with Gasteiger partial charge in [0.05, 0.1) is 0 Å². The normalized spacial score (nSPS) is 25.6. The molecule has 0 radical (unpaired) electrons. The van der Waals surface area contributed by atoms with Crippen molar-refractivity contribution in [3.8, 4) is 5.75 Å². The van der Waals surface area contributed by atoms with E-state index in [1.807, 2.05) is 0 Å². The summed E-state index contributed by atoms with van der Waals surface area (Å²) in [4.78, 5) is 0. The van der Waals surface area contributed by atoms with Gasteiger partial charge in [-0.15, -0.1) is 0 Å². The van der Waals surface area contributed by atoms with Gasteiger partial charge in [-0.2, -0.15) is 0 Å². The molecule has 1 fully saturated rings. The van der Waals surface area contributed by atoms with Gasteiger partial charge in [-0.1, -0.05) is 37.5 Å². The molecule has 1 aromatic carbocycles. The van der Waals surface area contributed by atoms with E-state index in [1.165, 1.54) is 43.2 Å². The third-order valence-corrected chi connectivity index (χ3v) is 4.70. The Kier molecular flexibility index (Phi) is 3.06. The maximum atomic E-state index is 6.14. The lowest BCUT2D eigenvalue weighted by Gasteiger charge is -2.37. The highest BCUT2D eigenvalue weighted by atomic mass is 16.5. The van der Waals surface area contributed by atoms with Crippen LogP contribution < -0.4 is 10.5 Å². The molecule has 2 heteroatoms. The first-order chi connectivity index (χ1) is 8.75. The Hall–Kier alpha value is -1.02. The molecule has 0 amide bonds. The summed E-state index contributed by atoms with van der Waals surface area (Å²) in [5.41, 5.74) is 9.07. The minimum Gasteiger partial charge on any atom is -0.490 e. The summed E-state index contributed by atoms with van der Waals surface area (Å²) in [6.07, 6.45) is 7.76. The Bertz CT molecular complexity index is 435. The van der Waals surface area contributed by atoms with Gasteiger partial charge in [0.2, 0.25) is 0 Å². The molecule has 2 nitrogen and oxygen atoms in total. The average molecular weight is 245 g/mol. The zero-order chi connectivity index (χ0) is 12.6.